The predicted octanol–water partition coefficient (Wildman–Crippen LogP) is 1.40. The Balaban J connectivity index is 3.59. The highest BCUT2D eigenvalue weighted by atomic mass is 35.5. The van der Waals surface area contributed by atoms with E-state index in [2.05, 4.69) is 4.98 Å². The van der Waals surface area contributed by atoms with Gasteiger partial charge in [-0.15, -0.1) is 0 Å². The van der Waals surface area contributed by atoms with E-state index in [1.165, 1.54) is 4.57 Å². The second-order valence-corrected chi connectivity index (χ2v) is 2.88. The highest BCUT2D eigenvalue weighted by Crippen LogP contribution is 2.17. The van der Waals surface area contributed by atoms with E-state index in [1.54, 1.807) is 14.0 Å². The van der Waals surface area contributed by atoms with Crippen LogP contribution in [-0.2, 0) is 7.05 Å². The maximum absolute atomic E-state index is 10.9. The van der Waals surface area contributed by atoms with Gasteiger partial charge in [-0.05, 0) is 6.92 Å². The van der Waals surface area contributed by atoms with Crippen LogP contribution in [0.3, 0.4) is 0 Å². The van der Waals surface area contributed by atoms with Crippen molar-refractivity contribution in [3.8, 4) is 0 Å². The van der Waals surface area contributed by atoms with Crippen LogP contribution >= 0.6 is 23.2 Å². The van der Waals surface area contributed by atoms with Gasteiger partial charge in [0.15, 0.2) is 0 Å². The first kappa shape index (κ1) is 8.56. The Morgan fingerprint density at radius 1 is 1.45 bits per heavy atom. The van der Waals surface area contributed by atoms with E-state index in [-0.39, 0.29) is 5.15 Å². The van der Waals surface area contributed by atoms with Gasteiger partial charge in [0.1, 0.15) is 10.3 Å². The minimum atomic E-state index is -0.439. The lowest BCUT2D eigenvalue weighted by molar-refractivity contribution is 0.802. The summed E-state index contributed by atoms with van der Waals surface area (Å²) in [5, 5.41) is 0.494. The molecule has 0 saturated carbocycles. The lowest BCUT2D eigenvalue weighted by atomic mass is 10.4. The fourth-order valence-corrected chi connectivity index (χ4v) is 1.04. The van der Waals surface area contributed by atoms with Crippen molar-refractivity contribution in [2.75, 3.05) is 0 Å². The molecule has 0 aliphatic heterocycles. The molecule has 0 atom stereocenters. The molecule has 0 spiro atoms. The van der Waals surface area contributed by atoms with Gasteiger partial charge < -0.3 is 0 Å². The van der Waals surface area contributed by atoms with E-state index in [0.29, 0.717) is 10.7 Å². The minimum Gasteiger partial charge on any atom is -0.285 e. The van der Waals surface area contributed by atoms with Crippen molar-refractivity contribution in [1.82, 2.24) is 9.55 Å². The van der Waals surface area contributed by atoms with Crippen LogP contribution in [0.25, 0.3) is 0 Å². The maximum Gasteiger partial charge on any atom is 0.349 e. The fraction of sp³-hybridized carbons (Fsp3) is 0.333. The van der Waals surface area contributed by atoms with Crippen LogP contribution in [0.4, 0.5) is 0 Å². The van der Waals surface area contributed by atoms with Gasteiger partial charge in [-0.25, -0.2) is 4.79 Å². The standard InChI is InChI=1S/C6H6Cl2N2O/c1-3-4(7)9-6(11)10(2)5(3)8/h1-2H3. The van der Waals surface area contributed by atoms with Gasteiger partial charge in [0.2, 0.25) is 0 Å². The summed E-state index contributed by atoms with van der Waals surface area (Å²) in [5.74, 6) is 0. The van der Waals surface area contributed by atoms with Crippen LogP contribution in [0, 0.1) is 6.92 Å². The highest BCUT2D eigenvalue weighted by molar-refractivity contribution is 6.34. The van der Waals surface area contributed by atoms with Crippen LogP contribution in [0.2, 0.25) is 10.3 Å². The SMILES string of the molecule is Cc1c(Cl)nc(=O)n(C)c1Cl. The minimum absolute atomic E-state index is 0.165. The fourth-order valence-electron chi connectivity index (χ4n) is 0.663. The molecule has 1 rings (SSSR count). The second kappa shape index (κ2) is 2.83. The highest BCUT2D eigenvalue weighted by Gasteiger charge is 2.06. The zero-order chi connectivity index (χ0) is 8.59. The van der Waals surface area contributed by atoms with Gasteiger partial charge in [0, 0.05) is 12.6 Å². The van der Waals surface area contributed by atoms with Crippen molar-refractivity contribution in [3.05, 3.63) is 26.4 Å². The van der Waals surface area contributed by atoms with Crippen molar-refractivity contribution in [1.29, 1.82) is 0 Å². The molecule has 1 aromatic rings. The molecule has 0 N–H and O–H groups in total. The summed E-state index contributed by atoms with van der Waals surface area (Å²) in [7, 11) is 1.54. The Hall–Kier alpha value is -0.540. The number of hydrogen-bond donors (Lipinski definition) is 0. The Morgan fingerprint density at radius 3 is 2.55 bits per heavy atom. The van der Waals surface area contributed by atoms with Gasteiger partial charge in [-0.1, -0.05) is 23.2 Å². The topological polar surface area (TPSA) is 34.9 Å². The molecule has 11 heavy (non-hydrogen) atoms. The van der Waals surface area contributed by atoms with Crippen molar-refractivity contribution in [2.24, 2.45) is 7.05 Å². The third-order valence-corrected chi connectivity index (χ3v) is 2.30. The molecule has 0 amide bonds. The Morgan fingerprint density at radius 2 is 2.00 bits per heavy atom. The van der Waals surface area contributed by atoms with E-state index >= 15 is 0 Å². The van der Waals surface area contributed by atoms with Crippen LogP contribution < -0.4 is 5.69 Å². The average Bonchev–Trinajstić information content (AvgIpc) is 1.97. The Kier molecular flexibility index (Phi) is 2.20. The summed E-state index contributed by atoms with van der Waals surface area (Å²) >= 11 is 11.3. The third-order valence-electron chi connectivity index (χ3n) is 1.39. The van der Waals surface area contributed by atoms with Gasteiger partial charge in [0.05, 0.1) is 0 Å². The number of halogens is 2. The molecule has 0 aliphatic rings. The third kappa shape index (κ3) is 1.39. The van der Waals surface area contributed by atoms with E-state index < -0.39 is 5.69 Å². The van der Waals surface area contributed by atoms with Gasteiger partial charge in [-0.2, -0.15) is 4.98 Å². The molecule has 0 saturated heterocycles. The summed E-state index contributed by atoms with van der Waals surface area (Å²) in [4.78, 5) is 14.4. The van der Waals surface area contributed by atoms with Crippen LogP contribution in [0.5, 0.6) is 0 Å². The molecular formula is C6H6Cl2N2O. The van der Waals surface area contributed by atoms with Crippen LogP contribution in [-0.4, -0.2) is 9.55 Å². The molecule has 0 aromatic carbocycles. The number of rotatable bonds is 0. The first-order chi connectivity index (χ1) is 5.04. The molecule has 1 aromatic heterocycles. The van der Waals surface area contributed by atoms with Crippen molar-refractivity contribution >= 4 is 23.2 Å². The summed E-state index contributed by atoms with van der Waals surface area (Å²) in [6, 6.07) is 0. The van der Waals surface area contributed by atoms with Crippen LogP contribution in [0.15, 0.2) is 4.79 Å². The molecule has 5 heteroatoms. The molecule has 0 bridgehead atoms. The van der Waals surface area contributed by atoms with Crippen molar-refractivity contribution < 1.29 is 0 Å². The lowest BCUT2D eigenvalue weighted by Gasteiger charge is -2.03. The zero-order valence-corrected chi connectivity index (χ0v) is 7.57. The zero-order valence-electron chi connectivity index (χ0n) is 6.06. The molecular weight excluding hydrogens is 187 g/mol. The molecule has 0 fully saturated rings. The lowest BCUT2D eigenvalue weighted by Crippen LogP contribution is -2.21. The van der Waals surface area contributed by atoms with E-state index in [4.69, 9.17) is 23.2 Å². The second-order valence-electron chi connectivity index (χ2n) is 2.16. The first-order valence-electron chi connectivity index (χ1n) is 2.92. The average molecular weight is 193 g/mol. The normalized spacial score (nSPS) is 10.2. The monoisotopic (exact) mass is 192 g/mol. The summed E-state index contributed by atoms with van der Waals surface area (Å²) in [6.07, 6.45) is 0. The van der Waals surface area contributed by atoms with Crippen LogP contribution in [0.1, 0.15) is 5.56 Å². The largest absolute Gasteiger partial charge is 0.349 e. The maximum atomic E-state index is 10.9. The molecule has 1 heterocycles. The summed E-state index contributed by atoms with van der Waals surface area (Å²) in [6.45, 7) is 1.71. The molecule has 0 unspecified atom stereocenters. The van der Waals surface area contributed by atoms with Crippen molar-refractivity contribution in [3.63, 3.8) is 0 Å². The summed E-state index contributed by atoms with van der Waals surface area (Å²) in [5.41, 5.74) is 0.182. The molecule has 3 nitrogen and oxygen atoms in total. The molecule has 0 aliphatic carbocycles. The van der Waals surface area contributed by atoms with Gasteiger partial charge in [0.25, 0.3) is 0 Å². The number of aromatic nitrogens is 2. The van der Waals surface area contributed by atoms with E-state index in [9.17, 15) is 4.79 Å². The summed E-state index contributed by atoms with van der Waals surface area (Å²) < 4.78 is 1.24. The van der Waals surface area contributed by atoms with Crippen molar-refractivity contribution in [2.45, 2.75) is 6.92 Å². The predicted molar refractivity (Wildman–Crippen MR) is 44.2 cm³/mol. The van der Waals surface area contributed by atoms with Gasteiger partial charge >= 0.3 is 5.69 Å². The Bertz CT molecular complexity index is 345. The first-order valence-corrected chi connectivity index (χ1v) is 3.68. The quantitative estimate of drug-likeness (QED) is 0.583. The van der Waals surface area contributed by atoms with E-state index in [1.807, 2.05) is 0 Å². The van der Waals surface area contributed by atoms with E-state index in [0.717, 1.165) is 0 Å². The molecule has 0 radical (unpaired) electrons. The number of hydrogen-bond acceptors (Lipinski definition) is 2. The van der Waals surface area contributed by atoms with Gasteiger partial charge in [-0.3, -0.25) is 4.57 Å². The molecule has 60 valence electrons. The Labute approximate surface area is 73.6 Å². The number of nitrogens with zero attached hydrogens (tertiary/aromatic N) is 2. The smallest absolute Gasteiger partial charge is 0.285 e.